The Balaban J connectivity index is 1.60. The first-order chi connectivity index (χ1) is 19.2. The van der Waals surface area contributed by atoms with E-state index in [4.69, 9.17) is 4.98 Å². The first kappa shape index (κ1) is 28.6. The summed E-state index contributed by atoms with van der Waals surface area (Å²) in [6, 6.07) is 16.0. The first-order valence-corrected chi connectivity index (χ1v) is 13.4. The van der Waals surface area contributed by atoms with Crippen LogP contribution in [0.1, 0.15) is 18.9 Å². The molecule has 1 amide bonds. The number of hydrogen-bond donors (Lipinski definition) is 1. The van der Waals surface area contributed by atoms with E-state index in [9.17, 15) is 9.59 Å². The monoisotopic (exact) mass is 542 g/mol. The number of fused-ring (bicyclic) bond motifs is 1. The Morgan fingerprint density at radius 1 is 1.07 bits per heavy atom. The van der Waals surface area contributed by atoms with Crippen molar-refractivity contribution < 1.29 is 4.79 Å². The number of allylic oxidation sites excluding steroid dienone is 1. The molecule has 0 atom stereocenters. The highest BCUT2D eigenvalue weighted by molar-refractivity contribution is 5.77. The maximum atomic E-state index is 13.3. The maximum absolute atomic E-state index is 13.3. The zero-order valence-electron chi connectivity index (χ0n) is 24.0. The molecule has 0 spiro atoms. The number of likely N-dealkylation sites (N-methyl/N-ethyl adjacent to an activating group) is 2. The molecule has 2 heterocycles. The van der Waals surface area contributed by atoms with Gasteiger partial charge in [-0.3, -0.25) is 9.59 Å². The third kappa shape index (κ3) is 6.40. The van der Waals surface area contributed by atoms with Crippen LogP contribution < -0.4 is 15.8 Å². The maximum Gasteiger partial charge on any atom is 0.278 e. The van der Waals surface area contributed by atoms with Crippen LogP contribution in [0.4, 0.5) is 17.3 Å². The van der Waals surface area contributed by atoms with E-state index in [-0.39, 0.29) is 11.5 Å². The van der Waals surface area contributed by atoms with Crippen molar-refractivity contribution in [2.75, 3.05) is 51.5 Å². The minimum absolute atomic E-state index is 0.136. The summed E-state index contributed by atoms with van der Waals surface area (Å²) >= 11 is 0. The number of anilines is 3. The number of carbonyl (C=O) groups excluding carboxylic acids is 1. The molecule has 4 aromatic rings. The number of aromatic nitrogens is 4. The van der Waals surface area contributed by atoms with Crippen molar-refractivity contribution in [2.45, 2.75) is 26.4 Å². The third-order valence-electron chi connectivity index (χ3n) is 6.69. The fourth-order valence-corrected chi connectivity index (χ4v) is 4.54. The quantitative estimate of drug-likeness (QED) is 0.272. The highest BCUT2D eigenvalue weighted by Gasteiger charge is 2.17. The number of hydrogen-bond acceptors (Lipinski definition) is 7. The standard InChI is InChI=1S/C30H38N8O2/c1-7-16-37-29(40)26-20-31-30(33-28(26)38(37)25-11-9-10-22(19-25)21-34(3)4)32-23-12-14-24(15-13-23)35(5)17-18-36(6)27(39)8-2/h7,9-15,19-20H,1,8,16-18,21H2,2-6H3,(H,31,32,33). The second-order valence-corrected chi connectivity index (χ2v) is 10.1. The Bertz CT molecular complexity index is 1540. The molecule has 0 saturated heterocycles. The van der Waals surface area contributed by atoms with Crippen LogP contribution in [0.25, 0.3) is 16.7 Å². The number of nitrogens with one attached hydrogen (secondary N) is 1. The minimum Gasteiger partial charge on any atom is -0.373 e. The molecule has 0 unspecified atom stereocenters. The number of rotatable bonds is 12. The average Bonchev–Trinajstić information content (AvgIpc) is 3.21. The molecule has 10 nitrogen and oxygen atoms in total. The van der Waals surface area contributed by atoms with Crippen LogP contribution in [0.2, 0.25) is 0 Å². The van der Waals surface area contributed by atoms with E-state index in [1.54, 1.807) is 21.9 Å². The summed E-state index contributed by atoms with van der Waals surface area (Å²) in [5.41, 5.74) is 4.18. The predicted molar refractivity (Wildman–Crippen MR) is 162 cm³/mol. The highest BCUT2D eigenvalue weighted by atomic mass is 16.2. The van der Waals surface area contributed by atoms with Crippen molar-refractivity contribution in [1.82, 2.24) is 29.1 Å². The summed E-state index contributed by atoms with van der Waals surface area (Å²) in [5.74, 6) is 0.527. The lowest BCUT2D eigenvalue weighted by molar-refractivity contribution is -0.129. The van der Waals surface area contributed by atoms with Gasteiger partial charge in [0.2, 0.25) is 11.9 Å². The Hall–Kier alpha value is -4.44. The molecular formula is C30H38N8O2. The minimum atomic E-state index is -0.168. The molecule has 1 N–H and O–H groups in total. The molecule has 2 aromatic carbocycles. The third-order valence-corrected chi connectivity index (χ3v) is 6.69. The topological polar surface area (TPSA) is 91.5 Å². The van der Waals surface area contributed by atoms with Crippen LogP contribution >= 0.6 is 0 Å². The summed E-state index contributed by atoms with van der Waals surface area (Å²) in [4.78, 5) is 40.2. The molecule has 4 rings (SSSR count). The summed E-state index contributed by atoms with van der Waals surface area (Å²) in [7, 11) is 7.88. The molecule has 0 saturated carbocycles. The van der Waals surface area contributed by atoms with Crippen molar-refractivity contribution >= 4 is 34.3 Å². The summed E-state index contributed by atoms with van der Waals surface area (Å²) in [6.45, 7) is 8.20. The van der Waals surface area contributed by atoms with Gasteiger partial charge in [0, 0.05) is 57.7 Å². The highest BCUT2D eigenvalue weighted by Crippen LogP contribution is 2.22. The van der Waals surface area contributed by atoms with Crippen molar-refractivity contribution in [3.63, 3.8) is 0 Å². The van der Waals surface area contributed by atoms with E-state index in [2.05, 4.69) is 38.8 Å². The van der Waals surface area contributed by atoms with Gasteiger partial charge >= 0.3 is 0 Å². The summed E-state index contributed by atoms with van der Waals surface area (Å²) in [5, 5.41) is 3.71. The number of nitrogens with zero attached hydrogens (tertiary/aromatic N) is 7. The lowest BCUT2D eigenvalue weighted by Gasteiger charge is -2.23. The van der Waals surface area contributed by atoms with Crippen LogP contribution in [0.3, 0.4) is 0 Å². The molecule has 0 bridgehead atoms. The Labute approximate surface area is 235 Å². The van der Waals surface area contributed by atoms with Gasteiger partial charge in [-0.1, -0.05) is 25.1 Å². The largest absolute Gasteiger partial charge is 0.373 e. The fraction of sp³-hybridized carbons (Fsp3) is 0.333. The van der Waals surface area contributed by atoms with E-state index in [0.29, 0.717) is 36.5 Å². The second-order valence-electron chi connectivity index (χ2n) is 10.1. The lowest BCUT2D eigenvalue weighted by Crippen LogP contribution is -2.34. The van der Waals surface area contributed by atoms with Crippen LogP contribution in [-0.4, -0.2) is 76.3 Å². The number of carbonyl (C=O) groups is 1. The van der Waals surface area contributed by atoms with E-state index >= 15 is 0 Å². The second kappa shape index (κ2) is 12.6. The van der Waals surface area contributed by atoms with Crippen molar-refractivity contribution in [2.24, 2.45) is 0 Å². The van der Waals surface area contributed by atoms with Crippen LogP contribution in [0, 0.1) is 0 Å². The van der Waals surface area contributed by atoms with Crippen molar-refractivity contribution in [3.05, 3.63) is 83.3 Å². The van der Waals surface area contributed by atoms with Gasteiger partial charge in [0.25, 0.3) is 5.56 Å². The van der Waals surface area contributed by atoms with Crippen molar-refractivity contribution in [3.8, 4) is 5.69 Å². The zero-order chi connectivity index (χ0) is 28.8. The van der Waals surface area contributed by atoms with Gasteiger partial charge in [0.1, 0.15) is 5.39 Å². The van der Waals surface area contributed by atoms with Gasteiger partial charge in [-0.15, -0.1) is 6.58 Å². The molecule has 10 heteroatoms. The SMILES string of the molecule is C=CCn1c(=O)c2cnc(Nc3ccc(N(C)CCN(C)C(=O)CC)cc3)nc2n1-c1cccc(CN(C)C)c1. The number of benzene rings is 2. The molecule has 0 aliphatic carbocycles. The lowest BCUT2D eigenvalue weighted by atomic mass is 10.2. The number of amides is 1. The predicted octanol–water partition coefficient (Wildman–Crippen LogP) is 3.88. The normalized spacial score (nSPS) is 11.2. The van der Waals surface area contributed by atoms with E-state index in [1.807, 2.05) is 76.2 Å². The van der Waals surface area contributed by atoms with Gasteiger partial charge in [-0.05, 0) is 56.1 Å². The molecule has 0 radical (unpaired) electrons. The molecule has 40 heavy (non-hydrogen) atoms. The van der Waals surface area contributed by atoms with Gasteiger partial charge in [-0.25, -0.2) is 14.3 Å². The smallest absolute Gasteiger partial charge is 0.278 e. The van der Waals surface area contributed by atoms with Gasteiger partial charge in [0.15, 0.2) is 5.65 Å². The van der Waals surface area contributed by atoms with Gasteiger partial charge < -0.3 is 20.0 Å². The first-order valence-electron chi connectivity index (χ1n) is 13.4. The van der Waals surface area contributed by atoms with Gasteiger partial charge in [0.05, 0.1) is 12.2 Å². The molecule has 0 aliphatic rings. The van der Waals surface area contributed by atoms with Crippen LogP contribution in [0.15, 0.2) is 72.2 Å². The molecule has 2 aromatic heterocycles. The summed E-state index contributed by atoms with van der Waals surface area (Å²) in [6.07, 6.45) is 3.78. The van der Waals surface area contributed by atoms with Crippen molar-refractivity contribution in [1.29, 1.82) is 0 Å². The molecule has 210 valence electrons. The molecule has 0 aliphatic heterocycles. The van der Waals surface area contributed by atoms with E-state index in [0.717, 1.165) is 35.7 Å². The van der Waals surface area contributed by atoms with Gasteiger partial charge in [-0.2, -0.15) is 4.98 Å². The summed E-state index contributed by atoms with van der Waals surface area (Å²) < 4.78 is 3.46. The van der Waals surface area contributed by atoms with E-state index < -0.39 is 0 Å². The Morgan fingerprint density at radius 2 is 1.82 bits per heavy atom. The molecular weight excluding hydrogens is 504 g/mol. The Kier molecular flexibility index (Phi) is 9.00. The molecule has 0 fully saturated rings. The fourth-order valence-electron chi connectivity index (χ4n) is 4.54. The van der Waals surface area contributed by atoms with Crippen LogP contribution in [0.5, 0.6) is 0 Å². The zero-order valence-corrected chi connectivity index (χ0v) is 24.0. The Morgan fingerprint density at radius 3 is 2.50 bits per heavy atom. The average molecular weight is 543 g/mol. The van der Waals surface area contributed by atoms with Crippen LogP contribution in [-0.2, 0) is 17.9 Å². The van der Waals surface area contributed by atoms with E-state index in [1.165, 1.54) is 0 Å².